The molecule has 0 saturated carbocycles. The Hall–Kier alpha value is -1.97. The van der Waals surface area contributed by atoms with E-state index in [4.69, 9.17) is 11.6 Å². The lowest BCUT2D eigenvalue weighted by molar-refractivity contribution is 0.455. The highest BCUT2D eigenvalue weighted by Crippen LogP contribution is 2.39. The fourth-order valence-electron chi connectivity index (χ4n) is 4.02. The summed E-state index contributed by atoms with van der Waals surface area (Å²) in [6.45, 7) is 3.05. The summed E-state index contributed by atoms with van der Waals surface area (Å²) in [5.41, 5.74) is 4.52. The zero-order chi connectivity index (χ0) is 20.2. The summed E-state index contributed by atoms with van der Waals surface area (Å²) in [6, 6.07) is 22.3. The molecule has 29 heavy (non-hydrogen) atoms. The average molecular weight is 426 g/mol. The Morgan fingerprint density at radius 1 is 1.03 bits per heavy atom. The van der Waals surface area contributed by atoms with Gasteiger partial charge in [-0.1, -0.05) is 53.6 Å². The molecule has 4 rings (SSSR count). The third kappa shape index (κ3) is 4.79. The number of aryl methyl sites for hydroxylation is 1. The second-order valence-electron chi connectivity index (χ2n) is 7.60. The molecule has 1 aliphatic heterocycles. The molecule has 0 spiro atoms. The number of halogens is 2. The van der Waals surface area contributed by atoms with E-state index >= 15 is 0 Å². The molecule has 0 aromatic heterocycles. The fourth-order valence-corrected chi connectivity index (χ4v) is 5.08. The molecule has 150 valence electrons. The minimum absolute atomic E-state index is 0.0477. The molecule has 0 N–H and O–H groups in total. The van der Waals surface area contributed by atoms with Crippen molar-refractivity contribution in [2.75, 3.05) is 11.4 Å². The van der Waals surface area contributed by atoms with E-state index in [2.05, 4.69) is 60.4 Å². The summed E-state index contributed by atoms with van der Waals surface area (Å²) in [4.78, 5) is 3.66. The van der Waals surface area contributed by atoms with E-state index in [9.17, 15) is 4.39 Å². The van der Waals surface area contributed by atoms with Gasteiger partial charge in [0, 0.05) is 33.5 Å². The van der Waals surface area contributed by atoms with E-state index in [1.807, 2.05) is 17.8 Å². The maximum atomic E-state index is 14.7. The quantitative estimate of drug-likeness (QED) is 0.383. The number of nitrogens with zero attached hydrogens (tertiary/aromatic N) is 1. The lowest BCUT2D eigenvalue weighted by atomic mass is 9.93. The molecular weight excluding hydrogens is 401 g/mol. The molecule has 1 aliphatic rings. The lowest BCUT2D eigenvalue weighted by Gasteiger charge is -2.39. The first-order chi connectivity index (χ1) is 14.1. The van der Waals surface area contributed by atoms with Crippen molar-refractivity contribution in [3.05, 3.63) is 94.3 Å². The second kappa shape index (κ2) is 9.23. The maximum absolute atomic E-state index is 14.7. The van der Waals surface area contributed by atoms with E-state index in [-0.39, 0.29) is 11.9 Å². The Morgan fingerprint density at radius 2 is 1.83 bits per heavy atom. The number of hydrogen-bond donors (Lipinski definition) is 0. The number of hydrogen-bond acceptors (Lipinski definition) is 2. The smallest absolute Gasteiger partial charge is 0.129 e. The van der Waals surface area contributed by atoms with Crippen LogP contribution in [0, 0.1) is 12.7 Å². The van der Waals surface area contributed by atoms with Gasteiger partial charge in [-0.25, -0.2) is 4.39 Å². The molecule has 0 bridgehead atoms. The van der Waals surface area contributed by atoms with Crippen LogP contribution >= 0.6 is 23.4 Å². The van der Waals surface area contributed by atoms with Gasteiger partial charge >= 0.3 is 0 Å². The van der Waals surface area contributed by atoms with E-state index < -0.39 is 0 Å². The van der Waals surface area contributed by atoms with Crippen LogP contribution < -0.4 is 4.90 Å². The summed E-state index contributed by atoms with van der Waals surface area (Å²) in [7, 11) is 0. The van der Waals surface area contributed by atoms with E-state index in [1.54, 1.807) is 6.07 Å². The fraction of sp³-hybridized carbons (Fsp3) is 0.280. The summed E-state index contributed by atoms with van der Waals surface area (Å²) < 4.78 is 14.7. The number of para-hydroxylation sites is 1. The van der Waals surface area contributed by atoms with Crippen LogP contribution in [0.4, 0.5) is 10.1 Å². The molecule has 0 radical (unpaired) electrons. The molecule has 4 heteroatoms. The number of piperidine rings is 1. The van der Waals surface area contributed by atoms with Crippen molar-refractivity contribution in [1.29, 1.82) is 0 Å². The van der Waals surface area contributed by atoms with Crippen LogP contribution in [0.1, 0.15) is 42.0 Å². The van der Waals surface area contributed by atoms with Crippen molar-refractivity contribution in [3.8, 4) is 0 Å². The highest BCUT2D eigenvalue weighted by Gasteiger charge is 2.27. The number of thioether (sulfide) groups is 1. The maximum Gasteiger partial charge on any atom is 0.129 e. The highest BCUT2D eigenvalue weighted by molar-refractivity contribution is 7.98. The Kier molecular flexibility index (Phi) is 6.46. The first-order valence-corrected chi connectivity index (χ1v) is 11.5. The van der Waals surface area contributed by atoms with Crippen LogP contribution in [-0.2, 0) is 5.75 Å². The minimum Gasteiger partial charge on any atom is -0.364 e. The molecule has 1 nitrogen and oxygen atoms in total. The zero-order valence-electron chi connectivity index (χ0n) is 16.6. The number of anilines is 1. The summed E-state index contributed by atoms with van der Waals surface area (Å²) in [5.74, 6) is 0.687. The number of benzene rings is 3. The van der Waals surface area contributed by atoms with Crippen LogP contribution in [0.15, 0.2) is 71.6 Å². The van der Waals surface area contributed by atoms with Gasteiger partial charge in [0.25, 0.3) is 0 Å². The van der Waals surface area contributed by atoms with Crippen LogP contribution in [0.25, 0.3) is 0 Å². The molecule has 1 unspecified atom stereocenters. The van der Waals surface area contributed by atoms with E-state index in [1.165, 1.54) is 27.8 Å². The molecule has 1 saturated heterocycles. The van der Waals surface area contributed by atoms with Gasteiger partial charge in [0.05, 0.1) is 6.04 Å². The van der Waals surface area contributed by atoms with Gasteiger partial charge in [0.1, 0.15) is 5.82 Å². The molecule has 0 aliphatic carbocycles. The SMILES string of the molecule is Cc1ccc(SCc2ccccc2N2CCCCC2c2ccc(Cl)cc2F)cc1. The average Bonchev–Trinajstić information content (AvgIpc) is 2.74. The number of rotatable bonds is 5. The predicted octanol–water partition coefficient (Wildman–Crippen LogP) is 7.81. The Balaban J connectivity index is 1.61. The monoisotopic (exact) mass is 425 g/mol. The molecule has 3 aromatic carbocycles. The van der Waals surface area contributed by atoms with Gasteiger partial charge in [0.15, 0.2) is 0 Å². The van der Waals surface area contributed by atoms with Gasteiger partial charge < -0.3 is 4.90 Å². The molecule has 3 aromatic rings. The van der Waals surface area contributed by atoms with Crippen LogP contribution in [-0.4, -0.2) is 6.54 Å². The van der Waals surface area contributed by atoms with Gasteiger partial charge in [-0.3, -0.25) is 0 Å². The van der Waals surface area contributed by atoms with Crippen molar-refractivity contribution in [3.63, 3.8) is 0 Å². The van der Waals surface area contributed by atoms with Crippen molar-refractivity contribution in [1.82, 2.24) is 0 Å². The van der Waals surface area contributed by atoms with Gasteiger partial charge in [-0.15, -0.1) is 11.8 Å². The van der Waals surface area contributed by atoms with Crippen LogP contribution in [0.5, 0.6) is 0 Å². The van der Waals surface area contributed by atoms with E-state index in [0.717, 1.165) is 37.1 Å². The van der Waals surface area contributed by atoms with Crippen LogP contribution in [0.3, 0.4) is 0 Å². The lowest BCUT2D eigenvalue weighted by Crippen LogP contribution is -2.34. The highest BCUT2D eigenvalue weighted by atomic mass is 35.5. The molecule has 1 heterocycles. The summed E-state index contributed by atoms with van der Waals surface area (Å²) in [6.07, 6.45) is 3.20. The van der Waals surface area contributed by atoms with Crippen LogP contribution in [0.2, 0.25) is 5.02 Å². The topological polar surface area (TPSA) is 3.24 Å². The van der Waals surface area contributed by atoms with Crippen molar-refractivity contribution in [2.45, 2.75) is 42.9 Å². The van der Waals surface area contributed by atoms with Gasteiger partial charge in [-0.2, -0.15) is 0 Å². The minimum atomic E-state index is -0.207. The van der Waals surface area contributed by atoms with Gasteiger partial charge in [-0.05, 0) is 62.1 Å². The zero-order valence-corrected chi connectivity index (χ0v) is 18.1. The third-order valence-electron chi connectivity index (χ3n) is 5.54. The normalized spacial score (nSPS) is 16.8. The first-order valence-electron chi connectivity index (χ1n) is 10.1. The Morgan fingerprint density at radius 3 is 2.62 bits per heavy atom. The second-order valence-corrected chi connectivity index (χ2v) is 9.09. The molecule has 1 fully saturated rings. The third-order valence-corrected chi connectivity index (χ3v) is 6.84. The van der Waals surface area contributed by atoms with Crippen molar-refractivity contribution >= 4 is 29.1 Å². The Bertz CT molecular complexity index is 973. The standard InChI is InChI=1S/C25H25ClFNS/c1-18-9-12-21(13-10-18)29-17-19-6-2-3-7-24(19)28-15-5-4-8-25(28)22-14-11-20(26)16-23(22)27/h2-3,6-7,9-14,16,25H,4-5,8,15,17H2,1H3. The summed E-state index contributed by atoms with van der Waals surface area (Å²) >= 11 is 7.83. The van der Waals surface area contributed by atoms with Crippen molar-refractivity contribution in [2.24, 2.45) is 0 Å². The molecule has 0 amide bonds. The Labute approximate surface area is 181 Å². The van der Waals surface area contributed by atoms with Crippen molar-refractivity contribution < 1.29 is 4.39 Å². The largest absolute Gasteiger partial charge is 0.364 e. The van der Waals surface area contributed by atoms with E-state index in [0.29, 0.717) is 5.02 Å². The molecule has 1 atom stereocenters. The first kappa shape index (κ1) is 20.3. The van der Waals surface area contributed by atoms with Gasteiger partial charge in [0.2, 0.25) is 0 Å². The summed E-state index contributed by atoms with van der Waals surface area (Å²) in [5, 5.41) is 0.448. The molecular formula is C25H25ClFNS. The predicted molar refractivity (Wildman–Crippen MR) is 123 cm³/mol.